The maximum atomic E-state index is 12.5. The minimum absolute atomic E-state index is 0.192. The fraction of sp³-hybridized carbons (Fsp3) is 0.304. The van der Waals surface area contributed by atoms with Crippen LogP contribution in [-0.4, -0.2) is 35.1 Å². The lowest BCUT2D eigenvalue weighted by Gasteiger charge is -2.26. The van der Waals surface area contributed by atoms with E-state index in [9.17, 15) is 19.1 Å². The number of aromatic nitrogens is 1. The monoisotopic (exact) mass is 474 g/mol. The van der Waals surface area contributed by atoms with Crippen molar-refractivity contribution in [1.82, 2.24) is 5.16 Å². The average molecular weight is 474 g/mol. The first-order valence-electron chi connectivity index (χ1n) is 10.2. The van der Waals surface area contributed by atoms with Gasteiger partial charge in [0.1, 0.15) is 0 Å². The summed E-state index contributed by atoms with van der Waals surface area (Å²) in [5, 5.41) is 5.35. The van der Waals surface area contributed by atoms with Gasteiger partial charge < -0.3 is 29.1 Å². The first-order valence-corrected chi connectivity index (χ1v) is 11.8. The standard InChI is InChI=1S/C23H27N2O7P/c1-23(2,33(27,28)29)17-7-9-18(10-8-17)25-21(26)12-6-16-14-24-32-22(16)15-5-11-19(30-3)20(13-15)31-4/h5,7-11,13-14H,6,12H2,1-4H3,(H,25,26)(H2,27,28,29). The van der Waals surface area contributed by atoms with Gasteiger partial charge in [-0.1, -0.05) is 17.3 Å². The van der Waals surface area contributed by atoms with E-state index < -0.39 is 12.8 Å². The molecule has 3 rings (SSSR count). The molecule has 0 aliphatic rings. The van der Waals surface area contributed by atoms with E-state index in [0.717, 1.165) is 11.1 Å². The molecule has 0 atom stereocenters. The van der Waals surface area contributed by atoms with E-state index in [0.29, 0.717) is 34.9 Å². The molecule has 0 fully saturated rings. The summed E-state index contributed by atoms with van der Waals surface area (Å²) in [5.41, 5.74) is 2.55. The number of methoxy groups -OCH3 is 2. The van der Waals surface area contributed by atoms with Crippen molar-refractivity contribution in [3.63, 3.8) is 0 Å². The highest BCUT2D eigenvalue weighted by Gasteiger charge is 2.39. The molecule has 0 unspecified atom stereocenters. The van der Waals surface area contributed by atoms with Crippen LogP contribution in [-0.2, 0) is 20.9 Å². The molecular weight excluding hydrogens is 447 g/mol. The third-order valence-electron chi connectivity index (χ3n) is 5.51. The number of rotatable bonds is 9. The van der Waals surface area contributed by atoms with Crippen LogP contribution in [0.15, 0.2) is 53.2 Å². The zero-order valence-corrected chi connectivity index (χ0v) is 19.8. The summed E-state index contributed by atoms with van der Waals surface area (Å²) < 4.78 is 27.7. The fourth-order valence-electron chi connectivity index (χ4n) is 3.25. The summed E-state index contributed by atoms with van der Waals surface area (Å²) in [6, 6.07) is 11.8. The van der Waals surface area contributed by atoms with E-state index >= 15 is 0 Å². The van der Waals surface area contributed by atoms with Gasteiger partial charge in [0.2, 0.25) is 5.91 Å². The quantitative estimate of drug-likeness (QED) is 0.390. The van der Waals surface area contributed by atoms with Crippen LogP contribution in [0.2, 0.25) is 0 Å². The highest BCUT2D eigenvalue weighted by molar-refractivity contribution is 7.53. The molecular formula is C23H27N2O7P. The van der Waals surface area contributed by atoms with Gasteiger partial charge in [0.25, 0.3) is 0 Å². The Labute approximate surface area is 191 Å². The Morgan fingerprint density at radius 1 is 1.09 bits per heavy atom. The van der Waals surface area contributed by atoms with Crippen LogP contribution in [0.25, 0.3) is 11.3 Å². The Kier molecular flexibility index (Phi) is 7.27. The molecule has 0 radical (unpaired) electrons. The number of hydrogen-bond acceptors (Lipinski definition) is 6. The molecule has 0 saturated heterocycles. The average Bonchev–Trinajstić information content (AvgIpc) is 3.25. The fourth-order valence-corrected chi connectivity index (χ4v) is 3.74. The number of carbonyl (C=O) groups excluding carboxylic acids is 1. The molecule has 0 aliphatic carbocycles. The van der Waals surface area contributed by atoms with E-state index in [1.165, 1.54) is 13.8 Å². The smallest absolute Gasteiger partial charge is 0.335 e. The van der Waals surface area contributed by atoms with Crippen LogP contribution in [0.4, 0.5) is 5.69 Å². The highest BCUT2D eigenvalue weighted by Crippen LogP contribution is 2.56. The van der Waals surface area contributed by atoms with Gasteiger partial charge in [0.15, 0.2) is 17.3 Å². The molecule has 3 N–H and O–H groups in total. The second-order valence-electron chi connectivity index (χ2n) is 7.98. The predicted octanol–water partition coefficient (Wildman–Crippen LogP) is 4.34. The van der Waals surface area contributed by atoms with Crippen LogP contribution in [0.1, 0.15) is 31.4 Å². The second-order valence-corrected chi connectivity index (χ2v) is 10.2. The number of benzene rings is 2. The number of anilines is 1. The van der Waals surface area contributed by atoms with Crippen molar-refractivity contribution in [3.05, 3.63) is 59.8 Å². The highest BCUT2D eigenvalue weighted by atomic mass is 31.2. The predicted molar refractivity (Wildman–Crippen MR) is 124 cm³/mol. The molecule has 1 heterocycles. The number of amides is 1. The zero-order valence-electron chi connectivity index (χ0n) is 18.9. The summed E-state index contributed by atoms with van der Waals surface area (Å²) in [4.78, 5) is 31.6. The number of carbonyl (C=O) groups is 1. The maximum Gasteiger partial charge on any atom is 0.335 e. The summed E-state index contributed by atoms with van der Waals surface area (Å²) in [7, 11) is -1.22. The van der Waals surface area contributed by atoms with E-state index in [1.54, 1.807) is 56.8 Å². The van der Waals surface area contributed by atoms with Gasteiger partial charge in [-0.2, -0.15) is 0 Å². The lowest BCUT2D eigenvalue weighted by molar-refractivity contribution is -0.116. The lowest BCUT2D eigenvalue weighted by Crippen LogP contribution is -2.17. The molecule has 9 nitrogen and oxygen atoms in total. The minimum Gasteiger partial charge on any atom is -0.493 e. The van der Waals surface area contributed by atoms with Crippen molar-refractivity contribution < 1.29 is 33.1 Å². The molecule has 33 heavy (non-hydrogen) atoms. The zero-order chi connectivity index (χ0) is 24.2. The maximum absolute atomic E-state index is 12.5. The molecule has 0 spiro atoms. The molecule has 1 amide bonds. The van der Waals surface area contributed by atoms with Crippen LogP contribution in [0.3, 0.4) is 0 Å². The third-order valence-corrected chi connectivity index (χ3v) is 7.23. The number of nitrogens with zero attached hydrogens (tertiary/aromatic N) is 1. The van der Waals surface area contributed by atoms with Gasteiger partial charge in [0, 0.05) is 23.2 Å². The van der Waals surface area contributed by atoms with Crippen LogP contribution in [0.5, 0.6) is 11.5 Å². The van der Waals surface area contributed by atoms with Gasteiger partial charge in [-0.15, -0.1) is 0 Å². The van der Waals surface area contributed by atoms with Crippen LogP contribution >= 0.6 is 7.60 Å². The molecule has 0 saturated carbocycles. The van der Waals surface area contributed by atoms with Crippen molar-refractivity contribution >= 4 is 19.2 Å². The van der Waals surface area contributed by atoms with Crippen molar-refractivity contribution in [2.24, 2.45) is 0 Å². The third kappa shape index (κ3) is 5.45. The van der Waals surface area contributed by atoms with Crippen molar-refractivity contribution in [3.8, 4) is 22.8 Å². The number of ether oxygens (including phenoxy) is 2. The SMILES string of the molecule is COc1ccc(-c2oncc2CCC(=O)Nc2ccc(C(C)(C)P(=O)(O)O)cc2)cc1OC. The molecule has 0 bridgehead atoms. The van der Waals surface area contributed by atoms with Gasteiger partial charge in [0.05, 0.1) is 25.6 Å². The Balaban J connectivity index is 1.65. The molecule has 2 aromatic carbocycles. The van der Waals surface area contributed by atoms with E-state index in [2.05, 4.69) is 10.5 Å². The minimum atomic E-state index is -4.33. The summed E-state index contributed by atoms with van der Waals surface area (Å²) in [5.74, 6) is 1.49. The Morgan fingerprint density at radius 3 is 2.36 bits per heavy atom. The number of aryl methyl sites for hydroxylation is 1. The summed E-state index contributed by atoms with van der Waals surface area (Å²) in [6.07, 6.45) is 2.18. The van der Waals surface area contributed by atoms with E-state index in [1.807, 2.05) is 6.07 Å². The Hall–Kier alpha value is -3.13. The van der Waals surface area contributed by atoms with Gasteiger partial charge in [-0.25, -0.2) is 0 Å². The molecule has 3 aromatic rings. The molecule has 0 aliphatic heterocycles. The second kappa shape index (κ2) is 9.79. The molecule has 10 heteroatoms. The Morgan fingerprint density at radius 2 is 1.76 bits per heavy atom. The van der Waals surface area contributed by atoms with Crippen LogP contribution in [0, 0.1) is 0 Å². The van der Waals surface area contributed by atoms with Crippen molar-refractivity contribution in [2.45, 2.75) is 31.8 Å². The summed E-state index contributed by atoms with van der Waals surface area (Å²) >= 11 is 0. The van der Waals surface area contributed by atoms with Gasteiger partial charge >= 0.3 is 7.60 Å². The Bertz CT molecular complexity index is 1170. The van der Waals surface area contributed by atoms with E-state index in [4.69, 9.17) is 14.0 Å². The normalized spacial score (nSPS) is 11.8. The van der Waals surface area contributed by atoms with Gasteiger partial charge in [-0.05, 0) is 56.2 Å². The molecule has 1 aromatic heterocycles. The first-order chi connectivity index (χ1) is 15.6. The topological polar surface area (TPSA) is 131 Å². The summed E-state index contributed by atoms with van der Waals surface area (Å²) in [6.45, 7) is 2.96. The van der Waals surface area contributed by atoms with E-state index in [-0.39, 0.29) is 12.3 Å². The first kappa shape index (κ1) is 24.5. The van der Waals surface area contributed by atoms with Crippen molar-refractivity contribution in [2.75, 3.05) is 19.5 Å². The van der Waals surface area contributed by atoms with Gasteiger partial charge in [-0.3, -0.25) is 9.36 Å². The lowest BCUT2D eigenvalue weighted by atomic mass is 10.0. The molecule has 176 valence electrons. The number of hydrogen-bond donors (Lipinski definition) is 3. The largest absolute Gasteiger partial charge is 0.493 e. The van der Waals surface area contributed by atoms with Crippen LogP contribution < -0.4 is 14.8 Å². The van der Waals surface area contributed by atoms with Crippen molar-refractivity contribution in [1.29, 1.82) is 0 Å². The number of nitrogens with one attached hydrogen (secondary N) is 1.